The van der Waals surface area contributed by atoms with E-state index in [1.54, 1.807) is 36.2 Å². The van der Waals surface area contributed by atoms with Crippen LogP contribution in [0.5, 0.6) is 5.75 Å². The number of anilines is 1. The van der Waals surface area contributed by atoms with Gasteiger partial charge in [0.1, 0.15) is 35.2 Å². The molecule has 0 bridgehead atoms. The third kappa shape index (κ3) is 5.18. The molecule has 3 atom stereocenters. The lowest BCUT2D eigenvalue weighted by atomic mass is 10.0. The van der Waals surface area contributed by atoms with E-state index < -0.39 is 34.1 Å². The van der Waals surface area contributed by atoms with Crippen molar-refractivity contribution in [3.05, 3.63) is 59.8 Å². The molecule has 4 heterocycles. The van der Waals surface area contributed by atoms with Crippen molar-refractivity contribution >= 4 is 27.5 Å². The largest absolute Gasteiger partial charge is 0.488 e. The molecule has 5 rings (SSSR count). The van der Waals surface area contributed by atoms with Gasteiger partial charge in [0.05, 0.1) is 31.1 Å². The minimum Gasteiger partial charge on any atom is -0.488 e. The Morgan fingerprint density at radius 3 is 2.87 bits per heavy atom. The van der Waals surface area contributed by atoms with Gasteiger partial charge in [0.15, 0.2) is 0 Å². The van der Waals surface area contributed by atoms with Crippen molar-refractivity contribution in [3.63, 3.8) is 0 Å². The van der Waals surface area contributed by atoms with E-state index in [9.17, 15) is 22.0 Å². The fraction of sp³-hybridized carbons (Fsp3) is 0.440. The summed E-state index contributed by atoms with van der Waals surface area (Å²) in [6, 6.07) is 7.09. The summed E-state index contributed by atoms with van der Waals surface area (Å²) in [4.78, 5) is 18.8. The summed E-state index contributed by atoms with van der Waals surface area (Å²) < 4.78 is 69.9. The van der Waals surface area contributed by atoms with Gasteiger partial charge in [-0.25, -0.2) is 18.5 Å². The second-order valence-electron chi connectivity index (χ2n) is 9.40. The maximum absolute atomic E-state index is 14.8. The number of carbonyl (C=O) groups excluding carboxylic acids is 1. The molecule has 0 aliphatic carbocycles. The van der Waals surface area contributed by atoms with Crippen molar-refractivity contribution in [1.82, 2.24) is 18.4 Å². The van der Waals surface area contributed by atoms with Crippen LogP contribution in [0.1, 0.15) is 41.9 Å². The van der Waals surface area contributed by atoms with Gasteiger partial charge in [-0.2, -0.15) is 12.7 Å². The molecule has 13 heteroatoms. The number of pyridine rings is 1. The SMILES string of the molecule is CCN(C)S(=O)(=O)NC(=O)c1cnc2ccc(N3C[C@@H](F)C[C@@H]3c3cc(F)ccc3OC3CCOC3)cn12. The van der Waals surface area contributed by atoms with Crippen LogP contribution in [-0.4, -0.2) is 73.6 Å². The Hall–Kier alpha value is -3.29. The van der Waals surface area contributed by atoms with Gasteiger partial charge < -0.3 is 14.4 Å². The highest BCUT2D eigenvalue weighted by molar-refractivity contribution is 7.87. The third-order valence-electron chi connectivity index (χ3n) is 6.89. The number of hydrogen-bond acceptors (Lipinski definition) is 7. The molecule has 204 valence electrons. The molecule has 10 nitrogen and oxygen atoms in total. The number of benzene rings is 1. The molecule has 2 aliphatic rings. The lowest BCUT2D eigenvalue weighted by Crippen LogP contribution is -2.41. The Kier molecular flexibility index (Phi) is 7.25. The zero-order valence-corrected chi connectivity index (χ0v) is 21.8. The predicted octanol–water partition coefficient (Wildman–Crippen LogP) is 2.86. The van der Waals surface area contributed by atoms with E-state index in [1.807, 2.05) is 4.72 Å². The van der Waals surface area contributed by atoms with E-state index in [1.165, 1.54) is 29.8 Å². The molecule has 1 amide bonds. The second-order valence-corrected chi connectivity index (χ2v) is 11.2. The molecule has 2 aliphatic heterocycles. The van der Waals surface area contributed by atoms with E-state index in [2.05, 4.69) is 4.98 Å². The first-order valence-electron chi connectivity index (χ1n) is 12.4. The standard InChI is InChI=1S/C25H29F2N5O5S/c1-3-30(2)38(34,35)29-25(33)22-12-28-24-7-5-18(14-32(22)24)31-13-17(27)11-21(31)20-10-16(26)4-6-23(20)37-19-8-9-36-15-19/h4-7,10,12,14,17,19,21H,3,8-9,11,13,15H2,1-2H3,(H,29,33)/t17-,19?,21+/m0/s1. The van der Waals surface area contributed by atoms with Gasteiger partial charge in [0.2, 0.25) is 0 Å². The Morgan fingerprint density at radius 1 is 1.32 bits per heavy atom. The van der Waals surface area contributed by atoms with Crippen LogP contribution in [0.25, 0.3) is 5.65 Å². The van der Waals surface area contributed by atoms with E-state index in [0.29, 0.717) is 42.3 Å². The van der Waals surface area contributed by atoms with Crippen LogP contribution in [0.2, 0.25) is 0 Å². The van der Waals surface area contributed by atoms with Crippen LogP contribution in [0.3, 0.4) is 0 Å². The highest BCUT2D eigenvalue weighted by Crippen LogP contribution is 2.42. The highest BCUT2D eigenvalue weighted by Gasteiger charge is 2.36. The quantitative estimate of drug-likeness (QED) is 0.461. The van der Waals surface area contributed by atoms with Crippen LogP contribution in [0, 0.1) is 5.82 Å². The molecule has 1 aromatic carbocycles. The van der Waals surface area contributed by atoms with Crippen molar-refractivity contribution in [2.45, 2.75) is 38.1 Å². The van der Waals surface area contributed by atoms with Gasteiger partial charge in [-0.3, -0.25) is 9.20 Å². The average molecular weight is 550 g/mol. The maximum Gasteiger partial charge on any atom is 0.303 e. The first kappa shape index (κ1) is 26.3. The molecule has 2 aromatic heterocycles. The normalized spacial score (nSPS) is 21.9. The number of fused-ring (bicyclic) bond motifs is 1. The summed E-state index contributed by atoms with van der Waals surface area (Å²) in [6.07, 6.45) is 2.37. The lowest BCUT2D eigenvalue weighted by molar-refractivity contribution is 0.0973. The highest BCUT2D eigenvalue weighted by atomic mass is 32.2. The smallest absolute Gasteiger partial charge is 0.303 e. The first-order chi connectivity index (χ1) is 18.2. The number of aromatic nitrogens is 2. The molecule has 38 heavy (non-hydrogen) atoms. The minimum atomic E-state index is -4.03. The molecular weight excluding hydrogens is 520 g/mol. The Bertz CT molecular complexity index is 1440. The average Bonchev–Trinajstić information content (AvgIpc) is 3.63. The molecule has 0 saturated carbocycles. The van der Waals surface area contributed by atoms with Crippen LogP contribution in [0.15, 0.2) is 42.7 Å². The van der Waals surface area contributed by atoms with Crippen LogP contribution >= 0.6 is 0 Å². The first-order valence-corrected chi connectivity index (χ1v) is 13.8. The molecule has 1 unspecified atom stereocenters. The Morgan fingerprint density at radius 2 is 2.13 bits per heavy atom. The molecule has 3 aromatic rings. The zero-order valence-electron chi connectivity index (χ0n) is 21.0. The van der Waals surface area contributed by atoms with Crippen LogP contribution in [0.4, 0.5) is 14.5 Å². The van der Waals surface area contributed by atoms with Gasteiger partial charge in [-0.15, -0.1) is 0 Å². The summed E-state index contributed by atoms with van der Waals surface area (Å²) in [7, 11) is -2.67. The van der Waals surface area contributed by atoms with E-state index in [-0.39, 0.29) is 31.3 Å². The summed E-state index contributed by atoms with van der Waals surface area (Å²) >= 11 is 0. The van der Waals surface area contributed by atoms with Gasteiger partial charge >= 0.3 is 10.2 Å². The number of nitrogens with one attached hydrogen (secondary N) is 1. The molecule has 0 spiro atoms. The summed E-state index contributed by atoms with van der Waals surface area (Å²) in [6.45, 7) is 2.89. The number of imidazole rings is 1. The number of alkyl halides is 1. The fourth-order valence-electron chi connectivity index (χ4n) is 4.76. The zero-order chi connectivity index (χ0) is 27.0. The number of amides is 1. The van der Waals surface area contributed by atoms with Crippen LogP contribution < -0.4 is 14.4 Å². The topological polar surface area (TPSA) is 105 Å². The number of rotatable bonds is 8. The van der Waals surface area contributed by atoms with E-state index in [4.69, 9.17) is 9.47 Å². The third-order valence-corrected chi connectivity index (χ3v) is 8.42. The summed E-state index contributed by atoms with van der Waals surface area (Å²) in [5.41, 5.74) is 1.49. The molecule has 2 fully saturated rings. The molecular formula is C25H29F2N5O5S. The molecule has 1 N–H and O–H groups in total. The second kappa shape index (κ2) is 10.5. The maximum atomic E-state index is 14.8. The van der Waals surface area contributed by atoms with Gasteiger partial charge in [0, 0.05) is 44.7 Å². The van der Waals surface area contributed by atoms with Crippen molar-refractivity contribution in [1.29, 1.82) is 0 Å². The number of ether oxygens (including phenoxy) is 2. The number of carbonyl (C=O) groups is 1. The van der Waals surface area contributed by atoms with E-state index >= 15 is 0 Å². The van der Waals surface area contributed by atoms with Crippen molar-refractivity contribution < 1.29 is 31.5 Å². The number of nitrogens with zero attached hydrogens (tertiary/aromatic N) is 4. The van der Waals surface area contributed by atoms with Gasteiger partial charge in [-0.1, -0.05) is 6.92 Å². The molecule has 2 saturated heterocycles. The van der Waals surface area contributed by atoms with E-state index in [0.717, 1.165) is 4.31 Å². The predicted molar refractivity (Wildman–Crippen MR) is 136 cm³/mol. The monoisotopic (exact) mass is 549 g/mol. The minimum absolute atomic E-state index is 0.00140. The summed E-state index contributed by atoms with van der Waals surface area (Å²) in [5, 5.41) is 0. The summed E-state index contributed by atoms with van der Waals surface area (Å²) in [5.74, 6) is -0.838. The molecule has 0 radical (unpaired) electrons. The van der Waals surface area contributed by atoms with Crippen LogP contribution in [-0.2, 0) is 14.9 Å². The van der Waals surface area contributed by atoms with Crippen molar-refractivity contribution in [2.75, 3.05) is 38.3 Å². The Balaban J connectivity index is 1.48. The fourth-order valence-corrected chi connectivity index (χ4v) is 5.60. The van der Waals surface area contributed by atoms with Crippen molar-refractivity contribution in [2.24, 2.45) is 0 Å². The Labute approximate surface area is 219 Å². The number of hydrogen-bond donors (Lipinski definition) is 1. The number of halogens is 2. The van der Waals surface area contributed by atoms with Gasteiger partial charge in [-0.05, 0) is 30.3 Å². The van der Waals surface area contributed by atoms with Gasteiger partial charge in [0.25, 0.3) is 5.91 Å². The lowest BCUT2D eigenvalue weighted by Gasteiger charge is -2.29. The van der Waals surface area contributed by atoms with Crippen molar-refractivity contribution in [3.8, 4) is 5.75 Å².